The van der Waals surface area contributed by atoms with Gasteiger partial charge in [-0.05, 0) is 13.8 Å². The van der Waals surface area contributed by atoms with Crippen LogP contribution in [-0.4, -0.2) is 485 Å². The molecule has 9 heterocycles. The van der Waals surface area contributed by atoms with Gasteiger partial charge in [-0.15, -0.1) is 0 Å². The van der Waals surface area contributed by atoms with Crippen LogP contribution in [0.15, 0.2) is 0 Å². The minimum absolute atomic E-state index is 0.851. The van der Waals surface area contributed by atoms with Gasteiger partial charge >= 0.3 is 11.9 Å². The third-order valence-electron chi connectivity index (χ3n) is 21.1. The largest absolute Gasteiger partial charge is 0.477 e. The number of amides is 3. The molecule has 28 N–H and O–H groups in total. The summed E-state index contributed by atoms with van der Waals surface area (Å²) in [6.07, 6.45) is -91.0. The number of rotatable bonds is 30. The maximum atomic E-state index is 13.7. The van der Waals surface area contributed by atoms with E-state index in [1.54, 1.807) is 0 Å². The Bertz CT molecular complexity index is 3160. The first-order valence-corrected chi connectivity index (χ1v) is 36.9. The lowest BCUT2D eigenvalue weighted by Crippen LogP contribution is -2.72. The molecule has 9 fully saturated rings. The molecule has 0 bridgehead atoms. The van der Waals surface area contributed by atoms with Gasteiger partial charge in [0.2, 0.25) is 17.7 Å². The van der Waals surface area contributed by atoms with Gasteiger partial charge in [0.05, 0.1) is 70.9 Å². The van der Waals surface area contributed by atoms with Gasteiger partial charge < -0.3 is 229 Å². The second-order valence-corrected chi connectivity index (χ2v) is 29.4. The van der Waals surface area contributed by atoms with E-state index in [1.807, 2.05) is 0 Å². The van der Waals surface area contributed by atoms with Gasteiger partial charge in [0.25, 0.3) is 5.79 Å². The standard InChI is InChI=1S/C65H107N3O48/c1-15-32(80)38(86)43(91)59(100-15)112-52-30(67-18(4)76)57(106-26(12-73)49(52)111-63-47(95)55(36(84)24(10-71)105-63)116-65(64(97)98)7-22(102-20(6)78)29(66-17(3)75)51(115-65)34(82)21(79)8-69)99-14-28-37(85)54(46(94)62(108-28)109-48-25(11-72)103-56(96)42(90)41(48)89)114-58-31(68-19(5)77)53(113-60-44(92)39(87)33(81)16(2)101-60)50(27(13-74)107-58)110-61-45(93)40(88)35(83)23(9-70)104-61/h15-16,21-63,69-74,79-96H,7-14H2,1-6H3,(H,66,75)(H,67,76)(H,68,77)(H,97,98)/t15-,16-,21+,22-,23+,24+,25+,26+,27+,28+,29+,30+,31+,32+,33+,34+,35-,36-,37-,38+,39-,40-,41+,42+,43-,44-,45+,46+,47+,48+,49+,50+,51+,52+,53+,54-,55-,56?,57+,58-,59-,60-,61-,62-,63-,65-/m0/s1. The Kier molecular flexibility index (Phi) is 33.6. The zero-order valence-electron chi connectivity index (χ0n) is 62.7. The van der Waals surface area contributed by atoms with E-state index in [4.69, 9.17) is 85.3 Å². The smallest absolute Gasteiger partial charge is 0.364 e. The highest BCUT2D eigenvalue weighted by atomic mass is 16.8. The highest BCUT2D eigenvalue weighted by Crippen LogP contribution is 2.43. The Balaban J connectivity index is 1.09. The molecule has 9 aliphatic heterocycles. The average molecular weight is 1700 g/mol. The molecule has 670 valence electrons. The van der Waals surface area contributed by atoms with E-state index in [1.165, 1.54) is 13.8 Å². The molecule has 0 saturated carbocycles. The fraction of sp³-hybridized carbons (Fsp3) is 0.923. The highest BCUT2D eigenvalue weighted by molar-refractivity contribution is 5.77. The van der Waals surface area contributed by atoms with Crippen LogP contribution in [0.1, 0.15) is 48.0 Å². The van der Waals surface area contributed by atoms with Crippen LogP contribution in [0.4, 0.5) is 0 Å². The normalized spacial score (nSPS) is 48.2. The third kappa shape index (κ3) is 20.8. The number of hydrogen-bond donors (Lipinski definition) is 28. The van der Waals surface area contributed by atoms with Crippen molar-refractivity contribution < 1.29 is 237 Å². The minimum atomic E-state index is -3.38. The summed E-state index contributed by atoms with van der Waals surface area (Å²) in [4.78, 5) is 65.9. The number of ether oxygens (including phenoxy) is 18. The number of carbonyl (C=O) groups excluding carboxylic acids is 4. The monoisotopic (exact) mass is 1700 g/mol. The van der Waals surface area contributed by atoms with Gasteiger partial charge in [0.1, 0.15) is 207 Å². The molecule has 0 radical (unpaired) electrons. The van der Waals surface area contributed by atoms with Crippen molar-refractivity contribution >= 4 is 29.7 Å². The van der Waals surface area contributed by atoms with Crippen molar-refractivity contribution in [1.82, 2.24) is 16.0 Å². The molecule has 51 heteroatoms. The maximum absolute atomic E-state index is 13.7. The second-order valence-electron chi connectivity index (χ2n) is 29.4. The van der Waals surface area contributed by atoms with Gasteiger partial charge in [-0.25, -0.2) is 4.79 Å². The first kappa shape index (κ1) is 95.5. The van der Waals surface area contributed by atoms with Crippen LogP contribution in [0, 0.1) is 0 Å². The van der Waals surface area contributed by atoms with E-state index in [9.17, 15) is 152 Å². The lowest BCUT2D eigenvalue weighted by molar-refractivity contribution is -0.397. The van der Waals surface area contributed by atoms with Crippen molar-refractivity contribution in [2.45, 2.75) is 330 Å². The van der Waals surface area contributed by atoms with Gasteiger partial charge in [-0.1, -0.05) is 0 Å². The zero-order valence-corrected chi connectivity index (χ0v) is 62.7. The molecular weight excluding hydrogens is 1590 g/mol. The first-order valence-electron chi connectivity index (χ1n) is 36.9. The van der Waals surface area contributed by atoms with E-state index >= 15 is 0 Å². The van der Waals surface area contributed by atoms with Crippen LogP contribution in [-0.2, 0) is 109 Å². The van der Waals surface area contributed by atoms with Gasteiger partial charge in [0, 0.05) is 27.7 Å². The quantitative estimate of drug-likeness (QED) is 0.0297. The van der Waals surface area contributed by atoms with Crippen molar-refractivity contribution in [2.75, 3.05) is 46.2 Å². The number of carbonyl (C=O) groups is 5. The van der Waals surface area contributed by atoms with Crippen molar-refractivity contribution in [3.05, 3.63) is 0 Å². The lowest BCUT2D eigenvalue weighted by atomic mass is 9.87. The highest BCUT2D eigenvalue weighted by Gasteiger charge is 2.64. The van der Waals surface area contributed by atoms with Gasteiger partial charge in [0.15, 0.2) is 50.3 Å². The molecule has 9 aliphatic rings. The predicted octanol–water partition coefficient (Wildman–Crippen LogP) is -18.4. The Morgan fingerprint density at radius 2 is 0.767 bits per heavy atom. The lowest BCUT2D eigenvalue weighted by Gasteiger charge is -2.52. The molecule has 9 saturated heterocycles. The molecule has 51 nitrogen and oxygen atoms in total. The summed E-state index contributed by atoms with van der Waals surface area (Å²) >= 11 is 0. The van der Waals surface area contributed by atoms with Crippen LogP contribution in [0.2, 0.25) is 0 Å². The summed E-state index contributed by atoms with van der Waals surface area (Å²) in [5, 5.41) is 285. The summed E-state index contributed by atoms with van der Waals surface area (Å²) in [6, 6.07) is -5.88. The van der Waals surface area contributed by atoms with Crippen molar-refractivity contribution in [3.63, 3.8) is 0 Å². The van der Waals surface area contributed by atoms with E-state index in [2.05, 4.69) is 16.0 Å². The Morgan fingerprint density at radius 3 is 1.23 bits per heavy atom. The van der Waals surface area contributed by atoms with E-state index < -0.39 is 364 Å². The molecule has 0 spiro atoms. The number of aliphatic carboxylic acids is 1. The number of carboxylic acids is 1. The molecule has 46 atom stereocenters. The van der Waals surface area contributed by atoms with Gasteiger partial charge in [-0.3, -0.25) is 19.2 Å². The van der Waals surface area contributed by atoms with E-state index in [0.29, 0.717) is 0 Å². The van der Waals surface area contributed by atoms with Crippen molar-refractivity contribution in [1.29, 1.82) is 0 Å². The van der Waals surface area contributed by atoms with Crippen LogP contribution in [0.3, 0.4) is 0 Å². The van der Waals surface area contributed by atoms with Crippen LogP contribution in [0.25, 0.3) is 0 Å². The van der Waals surface area contributed by atoms with Crippen LogP contribution < -0.4 is 16.0 Å². The molecule has 0 aliphatic carbocycles. The molecular formula is C65H107N3O48. The number of hydrogen-bond acceptors (Lipinski definition) is 47. The summed E-state index contributed by atoms with van der Waals surface area (Å²) in [7, 11) is 0. The Morgan fingerprint density at radius 1 is 0.388 bits per heavy atom. The minimum Gasteiger partial charge on any atom is -0.477 e. The molecule has 9 rings (SSSR count). The number of aliphatic hydroxyl groups is 24. The van der Waals surface area contributed by atoms with Crippen LogP contribution in [0.5, 0.6) is 0 Å². The molecule has 116 heavy (non-hydrogen) atoms. The predicted molar refractivity (Wildman–Crippen MR) is 356 cm³/mol. The zero-order chi connectivity index (χ0) is 85.9. The molecule has 1 unspecified atom stereocenters. The molecule has 0 aromatic carbocycles. The topological polar surface area (TPSA) is 793 Å². The molecule has 0 aromatic rings. The third-order valence-corrected chi connectivity index (χ3v) is 21.1. The summed E-state index contributed by atoms with van der Waals surface area (Å²) in [5.74, 6) is -9.67. The summed E-state index contributed by atoms with van der Waals surface area (Å²) < 4.78 is 107. The number of aliphatic hydroxyl groups excluding tert-OH is 24. The maximum Gasteiger partial charge on any atom is 0.364 e. The fourth-order valence-corrected chi connectivity index (χ4v) is 15.0. The van der Waals surface area contributed by atoms with Crippen molar-refractivity contribution in [3.8, 4) is 0 Å². The summed E-state index contributed by atoms with van der Waals surface area (Å²) in [5.41, 5.74) is 0. The van der Waals surface area contributed by atoms with Crippen LogP contribution >= 0.6 is 0 Å². The summed E-state index contributed by atoms with van der Waals surface area (Å²) in [6.45, 7) is -2.37. The Hall–Kier alpha value is -4.29. The van der Waals surface area contributed by atoms with Crippen molar-refractivity contribution in [2.24, 2.45) is 0 Å². The van der Waals surface area contributed by atoms with Gasteiger partial charge in [-0.2, -0.15) is 0 Å². The Labute approximate surface area is 656 Å². The first-order chi connectivity index (χ1) is 54.6. The molecule has 0 aromatic heterocycles. The van der Waals surface area contributed by atoms with E-state index in [-0.39, 0.29) is 0 Å². The second kappa shape index (κ2) is 40.8. The number of nitrogens with one attached hydrogen (secondary N) is 3. The van der Waals surface area contributed by atoms with E-state index in [0.717, 1.165) is 27.7 Å². The number of carboxylic acid groups (broad SMARTS) is 1. The number of esters is 1. The molecule has 3 amide bonds. The SMILES string of the molecule is CC(=O)N[C@H]1[C@H](O[C@H]2[C@@H](O)[C@@H](CO[C@@H]3O[C@H](CO)[C@@H](O[C@@H]4O[C@H](CO)[C@H](O)[C@H](O[C@]5(C(=O)O)C[C@H](OC(C)=O)[C@@H](NC(C)=O)[C@H]([C@H](O)[C@H](O)CO)O5)[C@H]4O)[C@H](O[C@@H]4O[C@@H](C)[C@@H](O)[C@@H](O)[C@@H]4O)[C@H]3NC(C)=O)O[C@@H](O[C@H]3[C@H](O)[C@@H](O)C(O)O[C@@H]3CO)[C@@H]2O)O[C@H](CO)[C@@H](O[C@@H]2O[C@H](CO)[C@H](O)[C@H](O)[C@H]2O)[C@@H]1O[C@@H]1O[C@@H](C)[C@@H](O)[C@H](O)[C@@H]1O. The average Bonchev–Trinajstić information content (AvgIpc) is 0.751. The fourth-order valence-electron chi connectivity index (χ4n) is 15.0.